The monoisotopic (exact) mass is 364 g/mol. The molecule has 0 atom stereocenters. The van der Waals surface area contributed by atoms with E-state index in [2.05, 4.69) is 11.1 Å². The number of hydrogen-bond donors (Lipinski definition) is 1. The van der Waals surface area contributed by atoms with Gasteiger partial charge in [-0.3, -0.25) is 9.78 Å². The highest BCUT2D eigenvalue weighted by atomic mass is 19.1. The summed E-state index contributed by atoms with van der Waals surface area (Å²) in [6, 6.07) is 16.4. The van der Waals surface area contributed by atoms with Crippen molar-refractivity contribution in [3.8, 4) is 0 Å². The summed E-state index contributed by atoms with van der Waals surface area (Å²) in [5.41, 5.74) is 8.15. The maximum absolute atomic E-state index is 13.4. The first-order chi connectivity index (χ1) is 13.1. The number of carbonyl (C=O) groups is 1. The molecule has 2 N–H and O–H groups in total. The third kappa shape index (κ3) is 5.36. The summed E-state index contributed by atoms with van der Waals surface area (Å²) in [5, 5.41) is 0.999. The molecule has 0 unspecified atom stereocenters. The smallest absolute Gasteiger partial charge is 0.221 e. The number of pyridine rings is 1. The van der Waals surface area contributed by atoms with Crippen LogP contribution in [0.15, 0.2) is 60.8 Å². The van der Waals surface area contributed by atoms with Gasteiger partial charge in [-0.1, -0.05) is 49.6 Å². The molecular formula is C23H25FN2O. The van der Waals surface area contributed by atoms with Crippen molar-refractivity contribution in [1.29, 1.82) is 0 Å². The van der Waals surface area contributed by atoms with Crippen molar-refractivity contribution in [3.05, 3.63) is 77.7 Å². The lowest BCUT2D eigenvalue weighted by Crippen LogP contribution is -2.13. The van der Waals surface area contributed by atoms with Gasteiger partial charge >= 0.3 is 0 Å². The zero-order valence-corrected chi connectivity index (χ0v) is 15.4. The Bertz CT molecular complexity index is 889. The number of primary amides is 1. The number of halogens is 1. The summed E-state index contributed by atoms with van der Waals surface area (Å²) >= 11 is 0. The lowest BCUT2D eigenvalue weighted by Gasteiger charge is -2.23. The predicted octanol–water partition coefficient (Wildman–Crippen LogP) is 5.14. The van der Waals surface area contributed by atoms with Crippen LogP contribution in [-0.4, -0.2) is 10.9 Å². The molecule has 0 bridgehead atoms. The molecule has 2 aromatic carbocycles. The molecule has 1 aromatic heterocycles. The molecular weight excluding hydrogens is 339 g/mol. The van der Waals surface area contributed by atoms with Crippen LogP contribution in [-0.2, 0) is 11.2 Å². The number of nitrogens with two attached hydrogens (primary N) is 1. The first-order valence-corrected chi connectivity index (χ1v) is 9.50. The molecule has 1 aliphatic carbocycles. The number of hydrogen-bond acceptors (Lipinski definition) is 2. The lowest BCUT2D eigenvalue weighted by molar-refractivity contribution is -0.117. The zero-order chi connectivity index (χ0) is 19.1. The minimum atomic E-state index is -0.286. The molecule has 1 amide bonds. The quantitative estimate of drug-likeness (QED) is 0.700. The van der Waals surface area contributed by atoms with Gasteiger partial charge in [0.25, 0.3) is 0 Å². The molecule has 0 radical (unpaired) electrons. The van der Waals surface area contributed by atoms with Crippen LogP contribution in [0.4, 0.5) is 4.39 Å². The average molecular weight is 364 g/mol. The van der Waals surface area contributed by atoms with Crippen molar-refractivity contribution in [3.63, 3.8) is 0 Å². The first kappa shape index (κ1) is 19.0. The van der Waals surface area contributed by atoms with Crippen molar-refractivity contribution in [2.75, 3.05) is 0 Å². The predicted molar refractivity (Wildman–Crippen MR) is 107 cm³/mol. The van der Waals surface area contributed by atoms with Gasteiger partial charge in [-0.15, -0.1) is 0 Å². The van der Waals surface area contributed by atoms with Crippen LogP contribution < -0.4 is 5.73 Å². The second-order valence-corrected chi connectivity index (χ2v) is 7.03. The summed E-state index contributed by atoms with van der Waals surface area (Å²) in [7, 11) is 0. The van der Waals surface area contributed by atoms with Crippen LogP contribution in [0, 0.1) is 5.82 Å². The number of rotatable bonds is 3. The van der Waals surface area contributed by atoms with Gasteiger partial charge in [-0.05, 0) is 54.2 Å². The molecule has 1 heterocycles. The zero-order valence-electron chi connectivity index (χ0n) is 15.4. The molecule has 1 fully saturated rings. The fourth-order valence-electron chi connectivity index (χ4n) is 3.71. The Morgan fingerprint density at radius 1 is 1.04 bits per heavy atom. The summed E-state index contributed by atoms with van der Waals surface area (Å²) in [4.78, 5) is 14.7. The fraction of sp³-hybridized carbons (Fsp3) is 0.304. The Morgan fingerprint density at radius 3 is 2.48 bits per heavy atom. The Labute approximate surface area is 159 Å². The van der Waals surface area contributed by atoms with Crippen LogP contribution in [0.25, 0.3) is 10.9 Å². The van der Waals surface area contributed by atoms with Gasteiger partial charge in [0.2, 0.25) is 5.91 Å². The normalized spacial score (nSPS) is 14.4. The number of fused-ring (bicyclic) bond motifs is 1. The minimum absolute atomic E-state index is 0.164. The van der Waals surface area contributed by atoms with Gasteiger partial charge < -0.3 is 5.73 Å². The highest BCUT2D eigenvalue weighted by Gasteiger charge is 2.17. The second kappa shape index (κ2) is 9.26. The number of amides is 1. The van der Waals surface area contributed by atoms with Crippen molar-refractivity contribution in [2.45, 2.75) is 44.4 Å². The van der Waals surface area contributed by atoms with Crippen molar-refractivity contribution < 1.29 is 9.18 Å². The Morgan fingerprint density at radius 2 is 1.78 bits per heavy atom. The number of carbonyl (C=O) groups excluding carboxylic acids is 1. The fourth-order valence-corrected chi connectivity index (χ4v) is 3.71. The van der Waals surface area contributed by atoms with Gasteiger partial charge in [0.15, 0.2) is 0 Å². The lowest BCUT2D eigenvalue weighted by atomic mass is 9.83. The van der Waals surface area contributed by atoms with Crippen LogP contribution in [0.3, 0.4) is 0 Å². The summed E-state index contributed by atoms with van der Waals surface area (Å²) in [6.45, 7) is 0. The molecule has 1 saturated carbocycles. The maximum atomic E-state index is 13.4. The molecule has 3 nitrogen and oxygen atoms in total. The number of benzene rings is 2. The van der Waals surface area contributed by atoms with E-state index < -0.39 is 0 Å². The molecule has 4 rings (SSSR count). The van der Waals surface area contributed by atoms with Gasteiger partial charge in [-0.2, -0.15) is 0 Å². The van der Waals surface area contributed by atoms with Crippen LogP contribution in [0.2, 0.25) is 0 Å². The summed E-state index contributed by atoms with van der Waals surface area (Å²) < 4.78 is 13.4. The molecule has 0 spiro atoms. The standard InChI is InChI=1S/C15H16FN.C8H9NO/c16-12-6-7-15-14(10-12)13(8-9-17-15)11-4-2-1-3-5-11;9-8(10)6-7-4-2-1-3-5-7/h6-11H,1-5H2;1-5H,6H2,(H2,9,10). The average Bonchev–Trinajstić information content (AvgIpc) is 2.69. The van der Waals surface area contributed by atoms with Crippen molar-refractivity contribution >= 4 is 16.8 Å². The number of nitrogens with zero attached hydrogens (tertiary/aromatic N) is 1. The molecule has 1 aliphatic rings. The van der Waals surface area contributed by atoms with E-state index in [-0.39, 0.29) is 11.7 Å². The van der Waals surface area contributed by atoms with Gasteiger partial charge in [0, 0.05) is 11.6 Å². The Hall–Kier alpha value is -2.75. The summed E-state index contributed by atoms with van der Waals surface area (Å²) in [6.07, 6.45) is 8.58. The van der Waals surface area contributed by atoms with E-state index in [1.54, 1.807) is 12.1 Å². The third-order valence-electron chi connectivity index (χ3n) is 5.00. The highest BCUT2D eigenvalue weighted by Crippen LogP contribution is 2.35. The van der Waals surface area contributed by atoms with E-state index in [0.29, 0.717) is 12.3 Å². The largest absolute Gasteiger partial charge is 0.369 e. The molecule has 3 aromatic rings. The third-order valence-corrected chi connectivity index (χ3v) is 5.00. The van der Waals surface area contributed by atoms with E-state index in [0.717, 1.165) is 16.5 Å². The van der Waals surface area contributed by atoms with Crippen LogP contribution in [0.5, 0.6) is 0 Å². The SMILES string of the molecule is Fc1ccc2nccc(C3CCCCC3)c2c1.NC(=O)Cc1ccccc1. The van der Waals surface area contributed by atoms with Crippen molar-refractivity contribution in [2.24, 2.45) is 5.73 Å². The van der Waals surface area contributed by atoms with Gasteiger partial charge in [0.05, 0.1) is 11.9 Å². The van der Waals surface area contributed by atoms with E-state index in [9.17, 15) is 9.18 Å². The van der Waals surface area contributed by atoms with E-state index >= 15 is 0 Å². The first-order valence-electron chi connectivity index (χ1n) is 9.50. The Balaban J connectivity index is 0.000000180. The molecule has 27 heavy (non-hydrogen) atoms. The van der Waals surface area contributed by atoms with Crippen LogP contribution in [0.1, 0.15) is 49.1 Å². The maximum Gasteiger partial charge on any atom is 0.221 e. The summed E-state index contributed by atoms with van der Waals surface area (Å²) in [5.74, 6) is 0.143. The van der Waals surface area contributed by atoms with Gasteiger partial charge in [0.1, 0.15) is 5.82 Å². The highest BCUT2D eigenvalue weighted by molar-refractivity contribution is 5.82. The van der Waals surface area contributed by atoms with E-state index in [4.69, 9.17) is 5.73 Å². The number of aromatic nitrogens is 1. The Kier molecular flexibility index (Phi) is 6.53. The van der Waals surface area contributed by atoms with Gasteiger partial charge in [-0.25, -0.2) is 4.39 Å². The minimum Gasteiger partial charge on any atom is -0.369 e. The molecule has 140 valence electrons. The molecule has 4 heteroatoms. The molecule has 0 saturated heterocycles. The van der Waals surface area contributed by atoms with E-state index in [1.807, 2.05) is 36.5 Å². The topological polar surface area (TPSA) is 56.0 Å². The second-order valence-electron chi connectivity index (χ2n) is 7.03. The van der Waals surface area contributed by atoms with Crippen LogP contribution >= 0.6 is 0 Å². The molecule has 0 aliphatic heterocycles. The van der Waals surface area contributed by atoms with Crippen molar-refractivity contribution in [1.82, 2.24) is 4.98 Å². The van der Waals surface area contributed by atoms with E-state index in [1.165, 1.54) is 43.7 Å².